The Hall–Kier alpha value is -1.39. The first kappa shape index (κ1) is 19.9. The number of carbonyl (C=O) groups is 1. The first-order chi connectivity index (χ1) is 12.2. The minimum absolute atomic E-state index is 0.296. The lowest BCUT2D eigenvalue weighted by atomic mass is 9.89. The lowest BCUT2D eigenvalue weighted by Gasteiger charge is -2.22. The van der Waals surface area contributed by atoms with E-state index in [1.165, 1.54) is 18.4 Å². The Balaban J connectivity index is 1.84. The molecular formula is C21H35N3O. The molecule has 2 rings (SSSR count). The van der Waals surface area contributed by atoms with Crippen LogP contribution < -0.4 is 5.73 Å². The lowest BCUT2D eigenvalue weighted by Crippen LogP contribution is -2.31. The SMILES string of the molecule is CCCN(CCC)CCCC(=O)N1C[C@@H](CN)[C@H](c2ccccc2)C1. The molecule has 1 heterocycles. The average Bonchev–Trinajstić information content (AvgIpc) is 3.07. The van der Waals surface area contributed by atoms with Crippen molar-refractivity contribution in [3.05, 3.63) is 35.9 Å². The second-order valence-corrected chi connectivity index (χ2v) is 7.26. The third kappa shape index (κ3) is 5.82. The first-order valence-electron chi connectivity index (χ1n) is 9.94. The van der Waals surface area contributed by atoms with Gasteiger partial charge in [-0.3, -0.25) is 4.79 Å². The van der Waals surface area contributed by atoms with E-state index in [1.54, 1.807) is 0 Å². The Bertz CT molecular complexity index is 499. The van der Waals surface area contributed by atoms with Gasteiger partial charge in [0, 0.05) is 25.4 Å². The molecule has 4 nitrogen and oxygen atoms in total. The van der Waals surface area contributed by atoms with Gasteiger partial charge in [-0.2, -0.15) is 0 Å². The maximum absolute atomic E-state index is 12.6. The molecule has 2 atom stereocenters. The van der Waals surface area contributed by atoms with Crippen LogP contribution in [0.2, 0.25) is 0 Å². The summed E-state index contributed by atoms with van der Waals surface area (Å²) in [6.45, 7) is 10.0. The number of benzene rings is 1. The molecule has 1 aliphatic heterocycles. The van der Waals surface area contributed by atoms with Gasteiger partial charge in [0.1, 0.15) is 0 Å². The van der Waals surface area contributed by atoms with Crippen LogP contribution in [0.3, 0.4) is 0 Å². The molecule has 25 heavy (non-hydrogen) atoms. The smallest absolute Gasteiger partial charge is 0.222 e. The van der Waals surface area contributed by atoms with Crippen LogP contribution in [0.5, 0.6) is 0 Å². The number of likely N-dealkylation sites (tertiary alicyclic amines) is 1. The molecule has 0 spiro atoms. The van der Waals surface area contributed by atoms with Crippen LogP contribution in [-0.2, 0) is 4.79 Å². The fourth-order valence-corrected chi connectivity index (χ4v) is 3.97. The van der Waals surface area contributed by atoms with Crippen LogP contribution in [0.15, 0.2) is 30.3 Å². The number of carbonyl (C=O) groups excluding carboxylic acids is 1. The van der Waals surface area contributed by atoms with E-state index < -0.39 is 0 Å². The van der Waals surface area contributed by atoms with E-state index >= 15 is 0 Å². The average molecular weight is 346 g/mol. The van der Waals surface area contributed by atoms with E-state index in [0.717, 1.165) is 39.1 Å². The number of nitrogens with zero attached hydrogens (tertiary/aromatic N) is 2. The quantitative estimate of drug-likeness (QED) is 0.709. The predicted octanol–water partition coefficient (Wildman–Crippen LogP) is 3.09. The van der Waals surface area contributed by atoms with Crippen molar-refractivity contribution in [1.82, 2.24) is 9.80 Å². The van der Waals surface area contributed by atoms with Gasteiger partial charge in [0.15, 0.2) is 0 Å². The molecule has 1 saturated heterocycles. The highest BCUT2D eigenvalue weighted by molar-refractivity contribution is 5.76. The topological polar surface area (TPSA) is 49.6 Å². The summed E-state index contributed by atoms with van der Waals surface area (Å²) in [4.78, 5) is 17.2. The maximum Gasteiger partial charge on any atom is 0.222 e. The number of amides is 1. The summed E-state index contributed by atoms with van der Waals surface area (Å²) in [6.07, 6.45) is 3.97. The van der Waals surface area contributed by atoms with Gasteiger partial charge in [0.05, 0.1) is 0 Å². The van der Waals surface area contributed by atoms with Crippen molar-refractivity contribution in [2.24, 2.45) is 11.7 Å². The van der Waals surface area contributed by atoms with Crippen LogP contribution in [0, 0.1) is 5.92 Å². The van der Waals surface area contributed by atoms with Crippen LogP contribution in [0.1, 0.15) is 51.0 Å². The molecule has 4 heteroatoms. The summed E-state index contributed by atoms with van der Waals surface area (Å²) in [7, 11) is 0. The minimum atomic E-state index is 0.296. The van der Waals surface area contributed by atoms with Crippen molar-refractivity contribution >= 4 is 5.91 Å². The summed E-state index contributed by atoms with van der Waals surface area (Å²) in [5.74, 6) is 1.06. The molecule has 0 aromatic heterocycles. The number of hydrogen-bond acceptors (Lipinski definition) is 3. The van der Waals surface area contributed by atoms with Gasteiger partial charge in [0.2, 0.25) is 5.91 Å². The van der Waals surface area contributed by atoms with E-state index in [9.17, 15) is 4.79 Å². The van der Waals surface area contributed by atoms with E-state index in [-0.39, 0.29) is 0 Å². The molecule has 0 unspecified atom stereocenters. The van der Waals surface area contributed by atoms with Crippen LogP contribution in [-0.4, -0.2) is 55.0 Å². The Morgan fingerprint density at radius 3 is 2.40 bits per heavy atom. The Morgan fingerprint density at radius 1 is 1.12 bits per heavy atom. The molecule has 140 valence electrons. The van der Waals surface area contributed by atoms with Gasteiger partial charge in [-0.1, -0.05) is 44.2 Å². The second-order valence-electron chi connectivity index (χ2n) is 7.26. The van der Waals surface area contributed by atoms with Crippen molar-refractivity contribution in [2.45, 2.75) is 45.4 Å². The van der Waals surface area contributed by atoms with Crippen molar-refractivity contribution in [2.75, 3.05) is 39.3 Å². The van der Waals surface area contributed by atoms with Gasteiger partial charge >= 0.3 is 0 Å². The van der Waals surface area contributed by atoms with E-state index in [1.807, 2.05) is 11.0 Å². The zero-order valence-corrected chi connectivity index (χ0v) is 16.0. The maximum atomic E-state index is 12.6. The predicted molar refractivity (Wildman–Crippen MR) is 105 cm³/mol. The Morgan fingerprint density at radius 2 is 1.80 bits per heavy atom. The molecule has 1 aromatic rings. The van der Waals surface area contributed by atoms with Gasteiger partial charge in [0.25, 0.3) is 0 Å². The van der Waals surface area contributed by atoms with Crippen LogP contribution in [0.4, 0.5) is 0 Å². The molecule has 1 amide bonds. The van der Waals surface area contributed by atoms with Crippen molar-refractivity contribution in [3.8, 4) is 0 Å². The second kappa shape index (κ2) is 10.6. The molecule has 1 fully saturated rings. The molecular weight excluding hydrogens is 310 g/mol. The van der Waals surface area contributed by atoms with Crippen molar-refractivity contribution in [3.63, 3.8) is 0 Å². The van der Waals surface area contributed by atoms with E-state index in [0.29, 0.717) is 30.7 Å². The summed E-state index contributed by atoms with van der Waals surface area (Å²) in [5.41, 5.74) is 7.30. The normalized spacial score (nSPS) is 20.4. The molecule has 1 aromatic carbocycles. The van der Waals surface area contributed by atoms with Crippen molar-refractivity contribution < 1.29 is 4.79 Å². The van der Waals surface area contributed by atoms with E-state index in [4.69, 9.17) is 5.73 Å². The molecule has 2 N–H and O–H groups in total. The number of hydrogen-bond donors (Lipinski definition) is 1. The Kier molecular flexibility index (Phi) is 8.42. The Labute approximate surface area is 153 Å². The first-order valence-corrected chi connectivity index (χ1v) is 9.94. The number of rotatable bonds is 10. The highest BCUT2D eigenvalue weighted by Gasteiger charge is 2.34. The summed E-state index contributed by atoms with van der Waals surface area (Å²) in [6, 6.07) is 10.5. The zero-order chi connectivity index (χ0) is 18.1. The largest absolute Gasteiger partial charge is 0.342 e. The standard InChI is InChI=1S/C21H35N3O/c1-3-12-23(13-4-2)14-8-11-21(25)24-16-19(15-22)20(17-24)18-9-6-5-7-10-18/h5-7,9-10,19-20H,3-4,8,11-17,22H2,1-2H3/t19-,20+/m1/s1. The van der Waals surface area contributed by atoms with Gasteiger partial charge in [-0.25, -0.2) is 0 Å². The summed E-state index contributed by atoms with van der Waals surface area (Å²) < 4.78 is 0. The molecule has 0 radical (unpaired) electrons. The van der Waals surface area contributed by atoms with Crippen LogP contribution >= 0.6 is 0 Å². The summed E-state index contributed by atoms with van der Waals surface area (Å²) >= 11 is 0. The molecule has 1 aliphatic rings. The fraction of sp³-hybridized carbons (Fsp3) is 0.667. The third-order valence-corrected chi connectivity index (χ3v) is 5.27. The summed E-state index contributed by atoms with van der Waals surface area (Å²) in [5, 5.41) is 0. The minimum Gasteiger partial charge on any atom is -0.342 e. The van der Waals surface area contributed by atoms with E-state index in [2.05, 4.69) is 43.0 Å². The number of nitrogens with two attached hydrogens (primary N) is 1. The third-order valence-electron chi connectivity index (χ3n) is 5.27. The fourth-order valence-electron chi connectivity index (χ4n) is 3.97. The molecule has 0 saturated carbocycles. The van der Waals surface area contributed by atoms with Gasteiger partial charge in [-0.15, -0.1) is 0 Å². The highest BCUT2D eigenvalue weighted by Crippen LogP contribution is 2.32. The zero-order valence-electron chi connectivity index (χ0n) is 16.0. The van der Waals surface area contributed by atoms with Crippen LogP contribution in [0.25, 0.3) is 0 Å². The van der Waals surface area contributed by atoms with Gasteiger partial charge < -0.3 is 15.5 Å². The highest BCUT2D eigenvalue weighted by atomic mass is 16.2. The monoisotopic (exact) mass is 345 g/mol. The lowest BCUT2D eigenvalue weighted by molar-refractivity contribution is -0.130. The van der Waals surface area contributed by atoms with Gasteiger partial charge in [-0.05, 0) is 56.9 Å². The molecule has 0 aliphatic carbocycles. The van der Waals surface area contributed by atoms with Crippen molar-refractivity contribution in [1.29, 1.82) is 0 Å². The molecule has 0 bridgehead atoms.